The maximum Gasteiger partial charge on any atom is 0.303 e. The molecular weight excluding hydrogens is 510 g/mol. The van der Waals surface area contributed by atoms with Crippen molar-refractivity contribution < 1.29 is 24.1 Å². The predicted octanol–water partition coefficient (Wildman–Crippen LogP) is 6.75. The second-order valence-electron chi connectivity index (χ2n) is 10.5. The van der Waals surface area contributed by atoms with Crippen LogP contribution >= 0.6 is 13.5 Å². The van der Waals surface area contributed by atoms with Crippen LogP contribution in [0.4, 0.5) is 5.69 Å². The third-order valence-corrected chi connectivity index (χ3v) is 7.90. The second-order valence-corrected chi connectivity index (χ2v) is 10.5. The summed E-state index contributed by atoms with van der Waals surface area (Å²) >= 11 is 0. The summed E-state index contributed by atoms with van der Waals surface area (Å²) in [4.78, 5) is 13.8. The molecule has 2 aliphatic rings. The standard InChI is InChI=1S/C32H37NO5.H2S/c1-36-26-7-3-5-24(17-26)29-12-11-27(37-2)19-31(29)33-15-13-22(14-16-33)21-38-28-8-4-6-25(18-28)30(20-32(34)35)23-9-10-23;/h3-8,11-12,17-19,22-23,30H,9-10,13-16,20-21H2,1-2H3,(H,34,35);1H2/t30-;/m0./s1. The van der Waals surface area contributed by atoms with Gasteiger partial charge in [0.05, 0.1) is 27.2 Å². The number of ether oxygens (including phenoxy) is 3. The smallest absolute Gasteiger partial charge is 0.303 e. The number of methoxy groups -OCH3 is 2. The molecule has 6 nitrogen and oxygen atoms in total. The van der Waals surface area contributed by atoms with E-state index in [0.29, 0.717) is 18.4 Å². The molecule has 1 aliphatic heterocycles. The zero-order chi connectivity index (χ0) is 26.5. The van der Waals surface area contributed by atoms with E-state index >= 15 is 0 Å². The van der Waals surface area contributed by atoms with E-state index < -0.39 is 5.97 Å². The maximum absolute atomic E-state index is 11.4. The summed E-state index contributed by atoms with van der Waals surface area (Å²) in [6.45, 7) is 2.56. The lowest BCUT2D eigenvalue weighted by atomic mass is 9.91. The molecule has 0 bridgehead atoms. The Morgan fingerprint density at radius 2 is 1.59 bits per heavy atom. The number of benzene rings is 3. The minimum absolute atomic E-state index is 0. The third kappa shape index (κ3) is 7.21. The molecule has 0 spiro atoms. The molecule has 0 aromatic heterocycles. The SMILES string of the molecule is COc1cccc(-c2ccc(OC)cc2N2CCC(COc3cccc([C@@H](CC(=O)O)C4CC4)c3)CC2)c1.S. The molecule has 2 fully saturated rings. The van der Waals surface area contributed by atoms with E-state index in [4.69, 9.17) is 14.2 Å². The summed E-state index contributed by atoms with van der Waals surface area (Å²) in [6.07, 6.45) is 4.51. The van der Waals surface area contributed by atoms with E-state index in [-0.39, 0.29) is 25.8 Å². The molecule has 1 saturated carbocycles. The van der Waals surface area contributed by atoms with Crippen molar-refractivity contribution in [3.05, 3.63) is 72.3 Å². The first-order chi connectivity index (χ1) is 18.5. The summed E-state index contributed by atoms with van der Waals surface area (Å²) in [6, 6.07) is 22.5. The first-order valence-corrected chi connectivity index (χ1v) is 13.6. The fourth-order valence-corrected chi connectivity index (χ4v) is 5.57. The van der Waals surface area contributed by atoms with Crippen LogP contribution in [0.3, 0.4) is 0 Å². The van der Waals surface area contributed by atoms with E-state index in [2.05, 4.69) is 35.2 Å². The molecule has 1 aliphatic carbocycles. The van der Waals surface area contributed by atoms with Crippen molar-refractivity contribution in [1.82, 2.24) is 0 Å². The molecule has 0 amide bonds. The van der Waals surface area contributed by atoms with E-state index in [0.717, 1.165) is 67.1 Å². The van der Waals surface area contributed by atoms with Gasteiger partial charge in [0.1, 0.15) is 17.2 Å². The molecule has 0 unspecified atom stereocenters. The quantitative estimate of drug-likeness (QED) is 0.285. The van der Waals surface area contributed by atoms with Crippen LogP contribution < -0.4 is 19.1 Å². The van der Waals surface area contributed by atoms with Gasteiger partial charge in [-0.2, -0.15) is 13.5 Å². The Hall–Kier alpha value is -3.32. The van der Waals surface area contributed by atoms with Crippen molar-refractivity contribution >= 4 is 25.2 Å². The highest BCUT2D eigenvalue weighted by Gasteiger charge is 2.34. The van der Waals surface area contributed by atoms with Gasteiger partial charge in [-0.15, -0.1) is 0 Å². The Kier molecular flexibility index (Phi) is 9.68. The van der Waals surface area contributed by atoms with Crippen LogP contribution in [0.15, 0.2) is 66.7 Å². The van der Waals surface area contributed by atoms with Crippen LogP contribution in [0.2, 0.25) is 0 Å². The fourth-order valence-electron chi connectivity index (χ4n) is 5.57. The van der Waals surface area contributed by atoms with Crippen molar-refractivity contribution in [2.24, 2.45) is 11.8 Å². The van der Waals surface area contributed by atoms with Gasteiger partial charge < -0.3 is 24.2 Å². The molecule has 5 rings (SSSR count). The first-order valence-electron chi connectivity index (χ1n) is 13.6. The minimum Gasteiger partial charge on any atom is -0.497 e. The van der Waals surface area contributed by atoms with Crippen molar-refractivity contribution in [3.63, 3.8) is 0 Å². The summed E-state index contributed by atoms with van der Waals surface area (Å²) in [7, 11) is 3.40. The van der Waals surface area contributed by atoms with Gasteiger partial charge in [-0.25, -0.2) is 0 Å². The second kappa shape index (κ2) is 13.2. The number of carbonyl (C=O) groups is 1. The first kappa shape index (κ1) is 28.7. The number of anilines is 1. The van der Waals surface area contributed by atoms with Crippen molar-refractivity contribution in [2.45, 2.75) is 38.0 Å². The number of aliphatic carboxylic acids is 1. The molecular formula is C32H39NO5S. The highest BCUT2D eigenvalue weighted by molar-refractivity contribution is 7.59. The van der Waals surface area contributed by atoms with Gasteiger partial charge in [-0.05, 0) is 91.0 Å². The molecule has 0 radical (unpaired) electrons. The number of piperidine rings is 1. The fraction of sp³-hybridized carbons (Fsp3) is 0.406. The van der Waals surface area contributed by atoms with Crippen LogP contribution in [0, 0.1) is 11.8 Å². The summed E-state index contributed by atoms with van der Waals surface area (Å²) < 4.78 is 17.2. The van der Waals surface area contributed by atoms with Gasteiger partial charge in [0.25, 0.3) is 0 Å². The van der Waals surface area contributed by atoms with Crippen LogP contribution in [-0.4, -0.2) is 45.0 Å². The number of hydrogen-bond acceptors (Lipinski definition) is 5. The summed E-state index contributed by atoms with van der Waals surface area (Å²) in [5.41, 5.74) is 4.56. The van der Waals surface area contributed by atoms with Gasteiger partial charge in [0.2, 0.25) is 0 Å². The normalized spacial score (nSPS) is 16.2. The summed E-state index contributed by atoms with van der Waals surface area (Å²) in [5.74, 6) is 2.85. The van der Waals surface area contributed by atoms with Gasteiger partial charge in [0, 0.05) is 30.4 Å². The number of nitrogens with zero attached hydrogens (tertiary/aromatic N) is 1. The van der Waals surface area contributed by atoms with Crippen LogP contribution in [0.25, 0.3) is 11.1 Å². The van der Waals surface area contributed by atoms with E-state index in [1.807, 2.05) is 36.4 Å². The Bertz CT molecular complexity index is 1250. The lowest BCUT2D eigenvalue weighted by Gasteiger charge is -2.35. The monoisotopic (exact) mass is 549 g/mol. The largest absolute Gasteiger partial charge is 0.497 e. The average molecular weight is 550 g/mol. The summed E-state index contributed by atoms with van der Waals surface area (Å²) in [5, 5.41) is 9.36. The van der Waals surface area contributed by atoms with Crippen LogP contribution in [0.1, 0.15) is 43.6 Å². The highest BCUT2D eigenvalue weighted by Crippen LogP contribution is 2.45. The molecule has 1 heterocycles. The molecule has 3 aromatic carbocycles. The predicted molar refractivity (Wildman–Crippen MR) is 160 cm³/mol. The lowest BCUT2D eigenvalue weighted by Crippen LogP contribution is -2.35. The van der Waals surface area contributed by atoms with Crippen molar-refractivity contribution in [1.29, 1.82) is 0 Å². The van der Waals surface area contributed by atoms with Gasteiger partial charge in [0.15, 0.2) is 0 Å². The average Bonchev–Trinajstić information content (AvgIpc) is 3.80. The third-order valence-electron chi connectivity index (χ3n) is 7.90. The molecule has 1 saturated heterocycles. The van der Waals surface area contributed by atoms with Gasteiger partial charge in [-0.1, -0.05) is 24.3 Å². The van der Waals surface area contributed by atoms with Crippen LogP contribution in [0.5, 0.6) is 17.2 Å². The Morgan fingerprint density at radius 1 is 0.897 bits per heavy atom. The maximum atomic E-state index is 11.4. The zero-order valence-corrected chi connectivity index (χ0v) is 23.8. The van der Waals surface area contributed by atoms with Gasteiger partial charge >= 0.3 is 5.97 Å². The van der Waals surface area contributed by atoms with E-state index in [1.165, 1.54) is 11.3 Å². The molecule has 3 aromatic rings. The molecule has 208 valence electrons. The Labute approximate surface area is 238 Å². The Morgan fingerprint density at radius 3 is 2.28 bits per heavy atom. The molecule has 1 atom stereocenters. The van der Waals surface area contributed by atoms with E-state index in [1.54, 1.807) is 14.2 Å². The molecule has 39 heavy (non-hydrogen) atoms. The van der Waals surface area contributed by atoms with Gasteiger partial charge in [-0.3, -0.25) is 4.79 Å². The Balaban J connectivity index is 0.00000353. The zero-order valence-electron chi connectivity index (χ0n) is 22.8. The number of hydrogen-bond donors (Lipinski definition) is 1. The van der Waals surface area contributed by atoms with Crippen LogP contribution in [-0.2, 0) is 4.79 Å². The molecule has 1 N–H and O–H groups in total. The lowest BCUT2D eigenvalue weighted by molar-refractivity contribution is -0.137. The minimum atomic E-state index is -0.731. The van der Waals surface area contributed by atoms with Crippen molar-refractivity contribution in [2.75, 3.05) is 38.8 Å². The number of carboxylic acids is 1. The van der Waals surface area contributed by atoms with Crippen molar-refractivity contribution in [3.8, 4) is 28.4 Å². The number of rotatable bonds is 11. The van der Waals surface area contributed by atoms with E-state index in [9.17, 15) is 9.90 Å². The highest BCUT2D eigenvalue weighted by atomic mass is 32.1. The topological polar surface area (TPSA) is 68.2 Å². The number of carboxylic acid groups (broad SMARTS) is 1. The molecule has 7 heteroatoms.